The maximum absolute atomic E-state index is 11.4. The molecular weight excluding hydrogens is 158 g/mol. The topological polar surface area (TPSA) is 43.1 Å². The molecule has 1 saturated carbocycles. The third-order valence-electron chi connectivity index (χ3n) is 2.32. The lowest BCUT2D eigenvalue weighted by Gasteiger charge is -2.25. The first-order valence-corrected chi connectivity index (χ1v) is 5.75. The molecule has 1 rings (SSSR count). The van der Waals surface area contributed by atoms with Gasteiger partial charge in [-0.25, -0.2) is 0 Å². The van der Waals surface area contributed by atoms with Crippen LogP contribution in [0.5, 0.6) is 0 Å². The van der Waals surface area contributed by atoms with Crippen LogP contribution in [0.15, 0.2) is 0 Å². The number of hydrogen-bond donors (Lipinski definition) is 1. The SMILES string of the molecule is CC[S@](=O)[C@@H]1CCC[C@@H](N)C1. The summed E-state index contributed by atoms with van der Waals surface area (Å²) in [5, 5.41) is 0.392. The van der Waals surface area contributed by atoms with Gasteiger partial charge in [-0.15, -0.1) is 0 Å². The molecule has 1 fully saturated rings. The second-order valence-electron chi connectivity index (χ2n) is 3.22. The van der Waals surface area contributed by atoms with Crippen molar-refractivity contribution in [1.29, 1.82) is 0 Å². The smallest absolute Gasteiger partial charge is 0.0362 e. The van der Waals surface area contributed by atoms with Crippen LogP contribution < -0.4 is 5.73 Å². The molecule has 1 aliphatic rings. The van der Waals surface area contributed by atoms with Gasteiger partial charge in [-0.3, -0.25) is 4.21 Å². The normalized spacial score (nSPS) is 35.1. The molecule has 0 unspecified atom stereocenters. The van der Waals surface area contributed by atoms with Gasteiger partial charge in [0, 0.05) is 27.8 Å². The fourth-order valence-corrected chi connectivity index (χ4v) is 3.02. The Hall–Kier alpha value is 0.110. The Kier molecular flexibility index (Phi) is 3.52. The molecule has 2 nitrogen and oxygen atoms in total. The highest BCUT2D eigenvalue weighted by Crippen LogP contribution is 2.21. The third kappa shape index (κ3) is 2.56. The Labute approximate surface area is 71.0 Å². The molecule has 0 spiro atoms. The number of nitrogens with two attached hydrogens (primary N) is 1. The van der Waals surface area contributed by atoms with Crippen molar-refractivity contribution >= 4 is 10.8 Å². The van der Waals surface area contributed by atoms with Gasteiger partial charge in [0.05, 0.1) is 0 Å². The van der Waals surface area contributed by atoms with Crippen LogP contribution in [0.3, 0.4) is 0 Å². The fourth-order valence-electron chi connectivity index (χ4n) is 1.66. The van der Waals surface area contributed by atoms with E-state index >= 15 is 0 Å². The molecule has 0 radical (unpaired) electrons. The van der Waals surface area contributed by atoms with Crippen LogP contribution >= 0.6 is 0 Å². The molecule has 3 atom stereocenters. The second-order valence-corrected chi connectivity index (χ2v) is 5.22. The molecule has 0 heterocycles. The fraction of sp³-hybridized carbons (Fsp3) is 1.00. The quantitative estimate of drug-likeness (QED) is 0.681. The van der Waals surface area contributed by atoms with Crippen molar-refractivity contribution in [1.82, 2.24) is 0 Å². The van der Waals surface area contributed by atoms with Crippen LogP contribution in [0.25, 0.3) is 0 Å². The highest BCUT2D eigenvalue weighted by Gasteiger charge is 2.22. The van der Waals surface area contributed by atoms with E-state index in [0.717, 1.165) is 31.4 Å². The minimum absolute atomic E-state index is 0.309. The maximum atomic E-state index is 11.4. The zero-order chi connectivity index (χ0) is 8.27. The van der Waals surface area contributed by atoms with E-state index in [-0.39, 0.29) is 0 Å². The molecule has 0 aromatic carbocycles. The molecule has 11 heavy (non-hydrogen) atoms. The van der Waals surface area contributed by atoms with Crippen LogP contribution in [0.2, 0.25) is 0 Å². The summed E-state index contributed by atoms with van der Waals surface area (Å²) in [7, 11) is -0.614. The molecule has 3 heteroatoms. The minimum Gasteiger partial charge on any atom is -0.328 e. The third-order valence-corrected chi connectivity index (χ3v) is 4.06. The standard InChI is InChI=1S/C8H17NOS/c1-2-11(10)8-5-3-4-7(9)6-8/h7-8H,2-6,9H2,1H3/t7-,8-,11+/m1/s1. The molecule has 0 aromatic heterocycles. The van der Waals surface area contributed by atoms with Crippen molar-refractivity contribution < 1.29 is 4.21 Å². The van der Waals surface area contributed by atoms with Crippen molar-refractivity contribution in [2.75, 3.05) is 5.75 Å². The van der Waals surface area contributed by atoms with Crippen molar-refractivity contribution in [2.24, 2.45) is 5.73 Å². The molecule has 0 saturated heterocycles. The van der Waals surface area contributed by atoms with Gasteiger partial charge in [0.2, 0.25) is 0 Å². The van der Waals surface area contributed by atoms with E-state index in [0.29, 0.717) is 11.3 Å². The van der Waals surface area contributed by atoms with Gasteiger partial charge in [0.25, 0.3) is 0 Å². The van der Waals surface area contributed by atoms with Crippen LogP contribution in [-0.4, -0.2) is 21.3 Å². The monoisotopic (exact) mass is 175 g/mol. The summed E-state index contributed by atoms with van der Waals surface area (Å²) in [5.41, 5.74) is 5.78. The first-order valence-electron chi connectivity index (χ1n) is 4.36. The second kappa shape index (κ2) is 4.21. The Morgan fingerprint density at radius 2 is 2.27 bits per heavy atom. The predicted octanol–water partition coefficient (Wildman–Crippen LogP) is 1.02. The van der Waals surface area contributed by atoms with Crippen LogP contribution in [0.1, 0.15) is 32.6 Å². The molecule has 0 amide bonds. The van der Waals surface area contributed by atoms with Gasteiger partial charge in [-0.1, -0.05) is 13.3 Å². The lowest BCUT2D eigenvalue weighted by atomic mass is 9.96. The van der Waals surface area contributed by atoms with Gasteiger partial charge >= 0.3 is 0 Å². The molecule has 2 N–H and O–H groups in total. The Morgan fingerprint density at radius 1 is 1.55 bits per heavy atom. The van der Waals surface area contributed by atoms with Gasteiger partial charge in [-0.05, 0) is 19.3 Å². The van der Waals surface area contributed by atoms with Crippen molar-refractivity contribution in [3.8, 4) is 0 Å². The summed E-state index contributed by atoms with van der Waals surface area (Å²) in [6.45, 7) is 1.98. The van der Waals surface area contributed by atoms with E-state index < -0.39 is 10.8 Å². The lowest BCUT2D eigenvalue weighted by Crippen LogP contribution is -2.33. The molecule has 66 valence electrons. The van der Waals surface area contributed by atoms with Gasteiger partial charge in [-0.2, -0.15) is 0 Å². The molecular formula is C8H17NOS. The van der Waals surface area contributed by atoms with Crippen molar-refractivity contribution in [3.63, 3.8) is 0 Å². The summed E-state index contributed by atoms with van der Waals surface area (Å²) in [4.78, 5) is 0. The van der Waals surface area contributed by atoms with E-state index in [1.807, 2.05) is 6.92 Å². The summed E-state index contributed by atoms with van der Waals surface area (Å²) >= 11 is 0. The first-order chi connectivity index (χ1) is 5.24. The maximum Gasteiger partial charge on any atom is 0.0362 e. The van der Waals surface area contributed by atoms with Gasteiger partial charge < -0.3 is 5.73 Å². The summed E-state index contributed by atoms with van der Waals surface area (Å²) < 4.78 is 11.4. The van der Waals surface area contributed by atoms with E-state index in [1.54, 1.807) is 0 Å². The molecule has 0 bridgehead atoms. The van der Waals surface area contributed by atoms with Crippen LogP contribution in [0, 0.1) is 0 Å². The van der Waals surface area contributed by atoms with E-state index in [4.69, 9.17) is 5.73 Å². The first kappa shape index (κ1) is 9.20. The highest BCUT2D eigenvalue weighted by molar-refractivity contribution is 7.85. The Balaban J connectivity index is 2.39. The van der Waals surface area contributed by atoms with Crippen LogP contribution in [0.4, 0.5) is 0 Å². The zero-order valence-electron chi connectivity index (χ0n) is 7.08. The molecule has 0 aromatic rings. The molecule has 1 aliphatic carbocycles. The summed E-state index contributed by atoms with van der Waals surface area (Å²) in [5.74, 6) is 0.789. The van der Waals surface area contributed by atoms with Gasteiger partial charge in [0.15, 0.2) is 0 Å². The van der Waals surface area contributed by atoms with Crippen LogP contribution in [-0.2, 0) is 10.8 Å². The number of rotatable bonds is 2. The van der Waals surface area contributed by atoms with E-state index in [2.05, 4.69) is 0 Å². The van der Waals surface area contributed by atoms with E-state index in [1.165, 1.54) is 0 Å². The molecule has 0 aliphatic heterocycles. The highest BCUT2D eigenvalue weighted by atomic mass is 32.2. The van der Waals surface area contributed by atoms with Gasteiger partial charge in [0.1, 0.15) is 0 Å². The Morgan fingerprint density at radius 3 is 2.82 bits per heavy atom. The average molecular weight is 175 g/mol. The van der Waals surface area contributed by atoms with Crippen molar-refractivity contribution in [3.05, 3.63) is 0 Å². The minimum atomic E-state index is -0.614. The van der Waals surface area contributed by atoms with E-state index in [9.17, 15) is 4.21 Å². The predicted molar refractivity (Wildman–Crippen MR) is 48.9 cm³/mol. The summed E-state index contributed by atoms with van der Waals surface area (Å²) in [6, 6.07) is 0.309. The summed E-state index contributed by atoms with van der Waals surface area (Å²) in [6.07, 6.45) is 4.38. The lowest BCUT2D eigenvalue weighted by molar-refractivity contribution is 0.444. The zero-order valence-corrected chi connectivity index (χ0v) is 7.90. The van der Waals surface area contributed by atoms with Crippen molar-refractivity contribution in [2.45, 2.75) is 43.9 Å². The number of hydrogen-bond acceptors (Lipinski definition) is 2. The Bertz CT molecular complexity index is 149. The average Bonchev–Trinajstić information content (AvgIpc) is 2.03. The largest absolute Gasteiger partial charge is 0.328 e.